The summed E-state index contributed by atoms with van der Waals surface area (Å²) in [6, 6.07) is 6.10. The molecule has 3 heterocycles. The molecule has 0 N–H and O–H groups in total. The molecule has 1 aromatic carbocycles. The lowest BCUT2D eigenvalue weighted by Gasteiger charge is -2.36. The van der Waals surface area contributed by atoms with Crippen LogP contribution >= 0.6 is 11.6 Å². The fraction of sp³-hybridized carbons (Fsp3) is 0.571. The average Bonchev–Trinajstić information content (AvgIpc) is 3.16. The van der Waals surface area contributed by atoms with E-state index in [1.165, 1.54) is 5.56 Å². The molecule has 0 aliphatic carbocycles. The third-order valence-corrected chi connectivity index (χ3v) is 5.65. The second kappa shape index (κ2) is 8.43. The topological polar surface area (TPSA) is 66.7 Å². The predicted octanol–water partition coefficient (Wildman–Crippen LogP) is 3.00. The van der Waals surface area contributed by atoms with Crippen LogP contribution in [0.3, 0.4) is 0 Å². The Kier molecular flexibility index (Phi) is 5.88. The van der Waals surface area contributed by atoms with E-state index in [0.717, 1.165) is 55.8 Å². The van der Waals surface area contributed by atoms with Crippen LogP contribution in [0.25, 0.3) is 0 Å². The van der Waals surface area contributed by atoms with Gasteiger partial charge in [-0.15, -0.1) is 0 Å². The quantitative estimate of drug-likeness (QED) is 0.742. The van der Waals surface area contributed by atoms with Gasteiger partial charge in [0.25, 0.3) is 0 Å². The Labute approximate surface area is 182 Å². The van der Waals surface area contributed by atoms with Gasteiger partial charge in [0, 0.05) is 50.0 Å². The number of ether oxygens (including phenoxy) is 1. The highest BCUT2D eigenvalue weighted by Gasteiger charge is 2.27. The first-order valence-corrected chi connectivity index (χ1v) is 10.8. The number of fused-ring (bicyclic) bond motifs is 1. The van der Waals surface area contributed by atoms with Crippen LogP contribution in [-0.2, 0) is 24.4 Å². The minimum atomic E-state index is -0.467. The summed E-state index contributed by atoms with van der Waals surface area (Å²) < 4.78 is 7.45. The number of hydrogen-bond acceptors (Lipinski definition) is 6. The maximum absolute atomic E-state index is 12.3. The minimum Gasteiger partial charge on any atom is -0.444 e. The molecule has 162 valence electrons. The van der Waals surface area contributed by atoms with E-state index in [4.69, 9.17) is 16.3 Å². The van der Waals surface area contributed by atoms with Crippen LogP contribution in [0.4, 0.5) is 10.5 Å². The monoisotopic (exact) mass is 432 g/mol. The highest BCUT2D eigenvalue weighted by molar-refractivity contribution is 6.30. The number of aromatic nitrogens is 3. The number of nitrogens with zero attached hydrogens (tertiary/aromatic N) is 6. The van der Waals surface area contributed by atoms with Crippen molar-refractivity contribution < 1.29 is 9.53 Å². The molecule has 1 amide bonds. The van der Waals surface area contributed by atoms with Crippen LogP contribution in [0.1, 0.15) is 32.2 Å². The molecule has 4 rings (SSSR count). The Morgan fingerprint density at radius 1 is 1.13 bits per heavy atom. The zero-order chi connectivity index (χ0) is 21.3. The van der Waals surface area contributed by atoms with Gasteiger partial charge in [-0.05, 0) is 38.5 Å². The van der Waals surface area contributed by atoms with Crippen molar-refractivity contribution in [1.29, 1.82) is 0 Å². The number of halogens is 1. The molecule has 0 unspecified atom stereocenters. The lowest BCUT2D eigenvalue weighted by atomic mass is 10.1. The van der Waals surface area contributed by atoms with Crippen molar-refractivity contribution in [2.75, 3.05) is 37.6 Å². The van der Waals surface area contributed by atoms with Gasteiger partial charge >= 0.3 is 6.09 Å². The summed E-state index contributed by atoms with van der Waals surface area (Å²) in [6.07, 6.45) is 1.38. The van der Waals surface area contributed by atoms with Crippen molar-refractivity contribution >= 4 is 23.4 Å². The smallest absolute Gasteiger partial charge is 0.410 e. The Bertz CT molecular complexity index is 901. The molecule has 2 aromatic rings. The predicted molar refractivity (Wildman–Crippen MR) is 116 cm³/mol. The lowest BCUT2D eigenvalue weighted by molar-refractivity contribution is 0.0139. The van der Waals surface area contributed by atoms with E-state index in [9.17, 15) is 4.79 Å². The molecule has 2 aliphatic heterocycles. The van der Waals surface area contributed by atoms with Gasteiger partial charge in [0.05, 0.1) is 13.1 Å². The first-order chi connectivity index (χ1) is 14.3. The Balaban J connectivity index is 1.41. The maximum atomic E-state index is 12.3. The summed E-state index contributed by atoms with van der Waals surface area (Å²) in [7, 11) is 0. The van der Waals surface area contributed by atoms with Crippen molar-refractivity contribution in [2.24, 2.45) is 0 Å². The Morgan fingerprint density at radius 3 is 2.63 bits per heavy atom. The van der Waals surface area contributed by atoms with E-state index in [-0.39, 0.29) is 6.09 Å². The van der Waals surface area contributed by atoms with E-state index in [2.05, 4.69) is 25.9 Å². The molecule has 0 saturated carbocycles. The normalized spacial score (nSPS) is 17.7. The average molecular weight is 433 g/mol. The van der Waals surface area contributed by atoms with Gasteiger partial charge in [0.1, 0.15) is 17.8 Å². The SMILES string of the molecule is CC(C)(C)OC(=O)N1CCN(Cc2ccc(Cl)cc2N2CCn3ncnc3C2)CC1. The van der Waals surface area contributed by atoms with Crippen LogP contribution < -0.4 is 4.90 Å². The number of carbonyl (C=O) groups is 1. The van der Waals surface area contributed by atoms with Crippen molar-refractivity contribution in [1.82, 2.24) is 24.6 Å². The van der Waals surface area contributed by atoms with Crippen molar-refractivity contribution in [3.05, 3.63) is 40.9 Å². The van der Waals surface area contributed by atoms with Crippen molar-refractivity contribution in [3.63, 3.8) is 0 Å². The fourth-order valence-corrected chi connectivity index (χ4v) is 4.06. The van der Waals surface area contributed by atoms with E-state index in [1.54, 1.807) is 11.2 Å². The number of rotatable bonds is 3. The molecule has 0 bridgehead atoms. The minimum absolute atomic E-state index is 0.230. The molecular weight excluding hydrogens is 404 g/mol. The number of hydrogen-bond donors (Lipinski definition) is 0. The van der Waals surface area contributed by atoms with Gasteiger partial charge in [0.15, 0.2) is 0 Å². The van der Waals surface area contributed by atoms with Crippen LogP contribution in [0, 0.1) is 0 Å². The molecule has 0 atom stereocenters. The zero-order valence-electron chi connectivity index (χ0n) is 17.8. The third kappa shape index (κ3) is 4.87. The summed E-state index contributed by atoms with van der Waals surface area (Å²) in [5.41, 5.74) is 1.91. The number of amides is 1. The molecule has 2 aliphatic rings. The number of carbonyl (C=O) groups excluding carboxylic acids is 1. The molecule has 1 fully saturated rings. The van der Waals surface area contributed by atoms with Crippen molar-refractivity contribution in [2.45, 2.75) is 46.0 Å². The van der Waals surface area contributed by atoms with Gasteiger partial charge in [-0.1, -0.05) is 17.7 Å². The van der Waals surface area contributed by atoms with Gasteiger partial charge in [-0.2, -0.15) is 5.10 Å². The van der Waals surface area contributed by atoms with Gasteiger partial charge < -0.3 is 14.5 Å². The lowest BCUT2D eigenvalue weighted by Crippen LogP contribution is -2.49. The van der Waals surface area contributed by atoms with Gasteiger partial charge in [0.2, 0.25) is 0 Å². The molecule has 30 heavy (non-hydrogen) atoms. The van der Waals surface area contributed by atoms with E-state index in [0.29, 0.717) is 13.1 Å². The zero-order valence-corrected chi connectivity index (χ0v) is 18.6. The standard InChI is InChI=1S/C21H29ClN6O2/c1-21(2,3)30-20(29)26-8-6-25(7-9-26)13-16-4-5-17(22)12-18(16)27-10-11-28-19(14-27)23-15-24-28/h4-5,12,15H,6-11,13-14H2,1-3H3. The van der Waals surface area contributed by atoms with Crippen LogP contribution in [0.2, 0.25) is 5.02 Å². The molecule has 9 heteroatoms. The Hall–Kier alpha value is -2.32. The molecule has 0 radical (unpaired) electrons. The van der Waals surface area contributed by atoms with Crippen molar-refractivity contribution in [3.8, 4) is 0 Å². The molecule has 1 saturated heterocycles. The number of piperazine rings is 1. The molecule has 0 spiro atoms. The second-order valence-corrected chi connectivity index (χ2v) is 9.27. The van der Waals surface area contributed by atoms with Crippen LogP contribution in [0.5, 0.6) is 0 Å². The summed E-state index contributed by atoms with van der Waals surface area (Å²) in [6.45, 7) is 11.9. The largest absolute Gasteiger partial charge is 0.444 e. The van der Waals surface area contributed by atoms with E-state index >= 15 is 0 Å². The second-order valence-electron chi connectivity index (χ2n) is 8.84. The molecule has 8 nitrogen and oxygen atoms in total. The molecule has 1 aromatic heterocycles. The van der Waals surface area contributed by atoms with Gasteiger partial charge in [-0.25, -0.2) is 14.5 Å². The van der Waals surface area contributed by atoms with Crippen LogP contribution in [-0.4, -0.2) is 69.0 Å². The Morgan fingerprint density at radius 2 is 1.90 bits per heavy atom. The third-order valence-electron chi connectivity index (χ3n) is 5.42. The van der Waals surface area contributed by atoms with E-state index < -0.39 is 5.60 Å². The first-order valence-electron chi connectivity index (χ1n) is 10.4. The summed E-state index contributed by atoms with van der Waals surface area (Å²) in [4.78, 5) is 23.2. The highest BCUT2D eigenvalue weighted by atomic mass is 35.5. The molecular formula is C21H29ClN6O2. The van der Waals surface area contributed by atoms with E-state index in [1.807, 2.05) is 37.6 Å². The maximum Gasteiger partial charge on any atom is 0.410 e. The van der Waals surface area contributed by atoms with Crippen LogP contribution in [0.15, 0.2) is 24.5 Å². The van der Waals surface area contributed by atoms with Gasteiger partial charge in [-0.3, -0.25) is 4.90 Å². The highest BCUT2D eigenvalue weighted by Crippen LogP contribution is 2.29. The number of benzene rings is 1. The fourth-order valence-electron chi connectivity index (χ4n) is 3.89. The number of anilines is 1. The summed E-state index contributed by atoms with van der Waals surface area (Å²) >= 11 is 6.33. The summed E-state index contributed by atoms with van der Waals surface area (Å²) in [5, 5.41) is 5.00. The first kappa shape index (κ1) is 20.9. The summed E-state index contributed by atoms with van der Waals surface area (Å²) in [5.74, 6) is 0.971.